The predicted octanol–water partition coefficient (Wildman–Crippen LogP) is 1.85. The van der Waals surface area contributed by atoms with Crippen molar-refractivity contribution < 1.29 is 4.74 Å². The lowest BCUT2D eigenvalue weighted by molar-refractivity contribution is 0.130. The summed E-state index contributed by atoms with van der Waals surface area (Å²) in [6.07, 6.45) is 4.74. The first-order valence-electron chi connectivity index (χ1n) is 6.21. The summed E-state index contributed by atoms with van der Waals surface area (Å²) in [7, 11) is 0. The average Bonchev–Trinajstić information content (AvgIpc) is 2.74. The van der Waals surface area contributed by atoms with Crippen LogP contribution in [-0.2, 0) is 11.2 Å². The first-order valence-corrected chi connectivity index (χ1v) is 6.21. The van der Waals surface area contributed by atoms with E-state index >= 15 is 0 Å². The molecule has 0 fully saturated rings. The molecule has 1 aliphatic rings. The fourth-order valence-electron chi connectivity index (χ4n) is 2.26. The molecule has 1 aromatic heterocycles. The molecule has 0 saturated heterocycles. The third-order valence-electron chi connectivity index (χ3n) is 3.07. The Balaban J connectivity index is 2.16. The van der Waals surface area contributed by atoms with Crippen LogP contribution in [0.2, 0.25) is 0 Å². The normalized spacial score (nSPS) is 19.4. The van der Waals surface area contributed by atoms with Crippen LogP contribution >= 0.6 is 0 Å². The fraction of sp³-hybridized carbons (Fsp3) is 0.615. The molecule has 0 saturated carbocycles. The van der Waals surface area contributed by atoms with E-state index in [1.165, 1.54) is 11.4 Å². The van der Waals surface area contributed by atoms with E-state index in [0.717, 1.165) is 13.0 Å². The summed E-state index contributed by atoms with van der Waals surface area (Å²) in [6, 6.07) is 0.691. The highest BCUT2D eigenvalue weighted by Gasteiger charge is 2.25. The molecule has 2 rings (SSSR count). The Labute approximate surface area is 103 Å². The van der Waals surface area contributed by atoms with E-state index in [2.05, 4.69) is 35.3 Å². The molecule has 4 nitrogen and oxygen atoms in total. The molecule has 4 heteroatoms. The van der Waals surface area contributed by atoms with Gasteiger partial charge in [0.25, 0.3) is 0 Å². The molecule has 17 heavy (non-hydrogen) atoms. The van der Waals surface area contributed by atoms with Gasteiger partial charge in [0, 0.05) is 19.0 Å². The minimum Gasteiger partial charge on any atom is -0.375 e. The molecule has 1 atom stereocenters. The molecular weight excluding hydrogens is 214 g/mol. The largest absolute Gasteiger partial charge is 0.375 e. The Morgan fingerprint density at radius 2 is 2.53 bits per heavy atom. The van der Waals surface area contributed by atoms with Crippen LogP contribution in [0.25, 0.3) is 0 Å². The minimum absolute atomic E-state index is 0.253. The first kappa shape index (κ1) is 12.3. The third kappa shape index (κ3) is 2.58. The smallest absolute Gasteiger partial charge is 0.0954 e. The van der Waals surface area contributed by atoms with Gasteiger partial charge in [-0.05, 0) is 13.8 Å². The van der Waals surface area contributed by atoms with Gasteiger partial charge in [-0.3, -0.25) is 0 Å². The number of hydrogen-bond acceptors (Lipinski definition) is 3. The molecule has 1 N–H and O–H groups in total. The first-order chi connectivity index (χ1) is 8.24. The fourth-order valence-corrected chi connectivity index (χ4v) is 2.26. The van der Waals surface area contributed by atoms with Crippen molar-refractivity contribution in [1.82, 2.24) is 14.9 Å². The van der Waals surface area contributed by atoms with E-state index < -0.39 is 0 Å². The van der Waals surface area contributed by atoms with Crippen molar-refractivity contribution in [2.75, 3.05) is 19.8 Å². The molecule has 2 heterocycles. The maximum Gasteiger partial charge on any atom is 0.0954 e. The predicted molar refractivity (Wildman–Crippen MR) is 68.1 cm³/mol. The van der Waals surface area contributed by atoms with Crippen molar-refractivity contribution in [2.45, 2.75) is 32.4 Å². The number of rotatable bonds is 5. The lowest BCUT2D eigenvalue weighted by Gasteiger charge is -2.26. The van der Waals surface area contributed by atoms with Gasteiger partial charge in [-0.15, -0.1) is 6.58 Å². The molecule has 1 aliphatic heterocycles. The summed E-state index contributed by atoms with van der Waals surface area (Å²) in [5, 5.41) is 3.50. The molecule has 0 spiro atoms. The van der Waals surface area contributed by atoms with E-state index in [4.69, 9.17) is 4.74 Å². The van der Waals surface area contributed by atoms with Gasteiger partial charge >= 0.3 is 0 Å². The van der Waals surface area contributed by atoms with Gasteiger partial charge in [-0.1, -0.05) is 6.08 Å². The summed E-state index contributed by atoms with van der Waals surface area (Å²) in [5.74, 6) is 0. The SMILES string of the molecule is C=CCOC[C@H]1NCCc2ncn(C(C)C)c21. The Morgan fingerprint density at radius 1 is 1.71 bits per heavy atom. The van der Waals surface area contributed by atoms with Crippen molar-refractivity contribution in [1.29, 1.82) is 0 Å². The van der Waals surface area contributed by atoms with Crippen molar-refractivity contribution >= 4 is 0 Å². The second-order valence-electron chi connectivity index (χ2n) is 4.66. The van der Waals surface area contributed by atoms with E-state index in [1.54, 1.807) is 6.08 Å². The topological polar surface area (TPSA) is 39.1 Å². The maximum absolute atomic E-state index is 5.56. The molecule has 0 bridgehead atoms. The number of ether oxygens (including phenoxy) is 1. The zero-order valence-electron chi connectivity index (χ0n) is 10.6. The number of nitrogens with zero attached hydrogens (tertiary/aromatic N) is 2. The summed E-state index contributed by atoms with van der Waals surface area (Å²) in [4.78, 5) is 4.50. The van der Waals surface area contributed by atoms with Gasteiger partial charge in [0.2, 0.25) is 0 Å². The summed E-state index contributed by atoms with van der Waals surface area (Å²) >= 11 is 0. The lowest BCUT2D eigenvalue weighted by Crippen LogP contribution is -2.34. The standard InChI is InChI=1S/C13H21N3O/c1-4-7-17-8-12-13-11(5-6-14-12)15-9-16(13)10(2)3/h4,9-10,12,14H,1,5-8H2,2-3H3/t12-/m1/s1. The zero-order valence-corrected chi connectivity index (χ0v) is 10.6. The van der Waals surface area contributed by atoms with Crippen LogP contribution in [0.5, 0.6) is 0 Å². The van der Waals surface area contributed by atoms with Crippen LogP contribution in [0, 0.1) is 0 Å². The van der Waals surface area contributed by atoms with Crippen LogP contribution in [-0.4, -0.2) is 29.3 Å². The second kappa shape index (κ2) is 5.47. The monoisotopic (exact) mass is 235 g/mol. The molecule has 0 unspecified atom stereocenters. The summed E-state index contributed by atoms with van der Waals surface area (Å²) in [5.41, 5.74) is 2.50. The summed E-state index contributed by atoms with van der Waals surface area (Å²) < 4.78 is 7.80. The van der Waals surface area contributed by atoms with Crippen LogP contribution < -0.4 is 5.32 Å². The Hall–Kier alpha value is -1.13. The molecule has 1 aromatic rings. The Morgan fingerprint density at radius 3 is 3.24 bits per heavy atom. The number of hydrogen-bond donors (Lipinski definition) is 1. The number of aromatic nitrogens is 2. The second-order valence-corrected chi connectivity index (χ2v) is 4.66. The molecule has 0 aliphatic carbocycles. The van der Waals surface area contributed by atoms with E-state index in [9.17, 15) is 0 Å². The number of imidazole rings is 1. The Kier molecular flexibility index (Phi) is 3.97. The van der Waals surface area contributed by atoms with Crippen LogP contribution in [0.1, 0.15) is 37.3 Å². The van der Waals surface area contributed by atoms with Gasteiger partial charge in [0.15, 0.2) is 0 Å². The molecule has 0 aromatic carbocycles. The van der Waals surface area contributed by atoms with E-state index in [1.807, 2.05) is 6.33 Å². The van der Waals surface area contributed by atoms with E-state index in [-0.39, 0.29) is 6.04 Å². The van der Waals surface area contributed by atoms with Crippen LogP contribution in [0.4, 0.5) is 0 Å². The number of fused-ring (bicyclic) bond motifs is 1. The summed E-state index contributed by atoms with van der Waals surface area (Å²) in [6.45, 7) is 10.3. The zero-order chi connectivity index (χ0) is 12.3. The highest BCUT2D eigenvalue weighted by atomic mass is 16.5. The quantitative estimate of drug-likeness (QED) is 0.625. The third-order valence-corrected chi connectivity index (χ3v) is 3.07. The van der Waals surface area contributed by atoms with Crippen LogP contribution in [0.3, 0.4) is 0 Å². The van der Waals surface area contributed by atoms with Crippen molar-refractivity contribution in [3.63, 3.8) is 0 Å². The molecular formula is C13H21N3O. The maximum atomic E-state index is 5.56. The van der Waals surface area contributed by atoms with Gasteiger partial charge in [-0.25, -0.2) is 4.98 Å². The van der Waals surface area contributed by atoms with Gasteiger partial charge in [0.05, 0.1) is 37.0 Å². The molecule has 0 amide bonds. The molecule has 94 valence electrons. The van der Waals surface area contributed by atoms with Crippen molar-refractivity contribution in [3.8, 4) is 0 Å². The Bertz CT molecular complexity index is 384. The van der Waals surface area contributed by atoms with Gasteiger partial charge < -0.3 is 14.6 Å². The van der Waals surface area contributed by atoms with Crippen molar-refractivity contribution in [2.24, 2.45) is 0 Å². The minimum atomic E-state index is 0.253. The number of nitrogens with one attached hydrogen (secondary N) is 1. The lowest BCUT2D eigenvalue weighted by atomic mass is 10.1. The highest BCUT2D eigenvalue weighted by molar-refractivity contribution is 5.21. The average molecular weight is 235 g/mol. The molecule has 0 radical (unpaired) electrons. The van der Waals surface area contributed by atoms with E-state index in [0.29, 0.717) is 19.3 Å². The van der Waals surface area contributed by atoms with Crippen molar-refractivity contribution in [3.05, 3.63) is 30.4 Å². The van der Waals surface area contributed by atoms with Crippen LogP contribution in [0.15, 0.2) is 19.0 Å². The van der Waals surface area contributed by atoms with Gasteiger partial charge in [-0.2, -0.15) is 0 Å². The van der Waals surface area contributed by atoms with Gasteiger partial charge in [0.1, 0.15) is 0 Å². The highest BCUT2D eigenvalue weighted by Crippen LogP contribution is 2.25.